The monoisotopic (exact) mass is 348 g/mol. The summed E-state index contributed by atoms with van der Waals surface area (Å²) in [6, 6.07) is 2.73. The minimum Gasteiger partial charge on any atom is -0.480 e. The zero-order valence-electron chi connectivity index (χ0n) is 14.1. The largest absolute Gasteiger partial charge is 0.480 e. The van der Waals surface area contributed by atoms with Crippen LogP contribution in [0.15, 0.2) is 24.5 Å². The fourth-order valence-electron chi connectivity index (χ4n) is 2.88. The predicted molar refractivity (Wildman–Crippen MR) is 90.5 cm³/mol. The number of aromatic nitrogens is 1. The van der Waals surface area contributed by atoms with Crippen LogP contribution in [0.3, 0.4) is 0 Å². The molecule has 8 heteroatoms. The van der Waals surface area contributed by atoms with Crippen LogP contribution in [0.2, 0.25) is 0 Å². The molecule has 1 unspecified atom stereocenters. The Labute approximate surface area is 146 Å². The molecular formula is C17H24N4O4. The summed E-state index contributed by atoms with van der Waals surface area (Å²) in [6.07, 6.45) is 6.69. The number of aliphatic carboxylic acids is 1. The quantitative estimate of drug-likeness (QED) is 0.596. The van der Waals surface area contributed by atoms with E-state index in [-0.39, 0.29) is 30.8 Å². The van der Waals surface area contributed by atoms with Crippen LogP contribution in [-0.4, -0.2) is 58.5 Å². The van der Waals surface area contributed by atoms with E-state index in [2.05, 4.69) is 10.3 Å². The van der Waals surface area contributed by atoms with Gasteiger partial charge >= 0.3 is 5.97 Å². The number of rotatable bonds is 8. The van der Waals surface area contributed by atoms with Crippen molar-refractivity contribution in [1.29, 1.82) is 0 Å². The number of pyridine rings is 1. The van der Waals surface area contributed by atoms with Gasteiger partial charge in [0.1, 0.15) is 6.04 Å². The maximum absolute atomic E-state index is 12.5. The Morgan fingerprint density at radius 2 is 2.12 bits per heavy atom. The van der Waals surface area contributed by atoms with Gasteiger partial charge in [-0.1, -0.05) is 0 Å². The highest BCUT2D eigenvalue weighted by Gasteiger charge is 2.29. The zero-order chi connectivity index (χ0) is 18.2. The summed E-state index contributed by atoms with van der Waals surface area (Å²) in [5.41, 5.74) is 6.48. The third kappa shape index (κ3) is 5.82. The van der Waals surface area contributed by atoms with Gasteiger partial charge in [0, 0.05) is 31.4 Å². The molecule has 2 heterocycles. The third-order valence-corrected chi connectivity index (χ3v) is 4.34. The molecule has 25 heavy (non-hydrogen) atoms. The van der Waals surface area contributed by atoms with Gasteiger partial charge in [0.15, 0.2) is 0 Å². The van der Waals surface area contributed by atoms with Crippen molar-refractivity contribution >= 4 is 17.8 Å². The molecule has 0 aliphatic carbocycles. The van der Waals surface area contributed by atoms with E-state index < -0.39 is 12.0 Å². The molecule has 1 aromatic heterocycles. The molecule has 2 rings (SSSR count). The smallest absolute Gasteiger partial charge is 0.322 e. The first-order chi connectivity index (χ1) is 12.0. The Morgan fingerprint density at radius 3 is 2.80 bits per heavy atom. The Balaban J connectivity index is 1.80. The number of piperidine rings is 1. The molecule has 2 atom stereocenters. The number of hydrogen-bond acceptors (Lipinski definition) is 5. The van der Waals surface area contributed by atoms with Crippen molar-refractivity contribution in [3.8, 4) is 0 Å². The number of hydrogen-bond donors (Lipinski definition) is 3. The number of likely N-dealkylation sites (tertiary alicyclic amines) is 1. The van der Waals surface area contributed by atoms with Crippen LogP contribution < -0.4 is 11.1 Å². The molecule has 1 aromatic rings. The van der Waals surface area contributed by atoms with Gasteiger partial charge in [-0.3, -0.25) is 19.4 Å². The van der Waals surface area contributed by atoms with E-state index in [1.54, 1.807) is 17.3 Å². The number of carbonyl (C=O) groups excluding carboxylic acids is 2. The lowest BCUT2D eigenvalue weighted by Gasteiger charge is -2.32. The molecule has 8 nitrogen and oxygen atoms in total. The standard InChI is InChI=1S/C17H24N4O4/c18-14(17(24)25)10-20-15(22)11-21-9-1-2-13(16(21)23)4-3-12-5-7-19-8-6-12/h5-8,13-14H,1-4,9-11,18H2,(H,20,22)(H,24,25)/t13?,14-/m0/s1. The Hall–Kier alpha value is -2.48. The number of amides is 2. The van der Waals surface area contributed by atoms with E-state index in [4.69, 9.17) is 10.8 Å². The highest BCUT2D eigenvalue weighted by atomic mass is 16.4. The number of nitrogens with one attached hydrogen (secondary N) is 1. The molecule has 2 amide bonds. The molecule has 4 N–H and O–H groups in total. The number of nitrogens with two attached hydrogens (primary N) is 1. The molecule has 0 aromatic carbocycles. The molecule has 1 fully saturated rings. The number of nitrogens with zero attached hydrogens (tertiary/aromatic N) is 2. The minimum atomic E-state index is -1.18. The summed E-state index contributed by atoms with van der Waals surface area (Å²) >= 11 is 0. The van der Waals surface area contributed by atoms with Crippen LogP contribution in [0, 0.1) is 5.92 Å². The molecule has 0 radical (unpaired) electrons. The third-order valence-electron chi connectivity index (χ3n) is 4.34. The van der Waals surface area contributed by atoms with Crippen LogP contribution in [0.1, 0.15) is 24.8 Å². The summed E-state index contributed by atoms with van der Waals surface area (Å²) in [4.78, 5) is 40.6. The van der Waals surface area contributed by atoms with E-state index in [1.165, 1.54) is 0 Å². The molecule has 136 valence electrons. The van der Waals surface area contributed by atoms with Crippen molar-refractivity contribution in [2.75, 3.05) is 19.6 Å². The van der Waals surface area contributed by atoms with E-state index >= 15 is 0 Å². The van der Waals surface area contributed by atoms with Crippen molar-refractivity contribution in [1.82, 2.24) is 15.2 Å². The summed E-state index contributed by atoms with van der Waals surface area (Å²) < 4.78 is 0. The molecular weight excluding hydrogens is 324 g/mol. The van der Waals surface area contributed by atoms with Gasteiger partial charge in [-0.25, -0.2) is 0 Å². The van der Waals surface area contributed by atoms with Gasteiger partial charge in [0.25, 0.3) is 0 Å². The first-order valence-electron chi connectivity index (χ1n) is 8.40. The SMILES string of the molecule is N[C@@H](CNC(=O)CN1CCCC(CCc2ccncc2)C1=O)C(=O)O. The maximum Gasteiger partial charge on any atom is 0.322 e. The fraction of sp³-hybridized carbons (Fsp3) is 0.529. The summed E-state index contributed by atoms with van der Waals surface area (Å²) in [7, 11) is 0. The number of aryl methyl sites for hydroxylation is 1. The highest BCUT2D eigenvalue weighted by molar-refractivity contribution is 5.86. The van der Waals surface area contributed by atoms with Gasteiger partial charge in [-0.15, -0.1) is 0 Å². The van der Waals surface area contributed by atoms with Gasteiger partial charge in [-0.05, 0) is 43.4 Å². The first kappa shape index (κ1) is 18.9. The number of carbonyl (C=O) groups is 3. The molecule has 1 aliphatic heterocycles. The van der Waals surface area contributed by atoms with Crippen molar-refractivity contribution in [2.24, 2.45) is 11.7 Å². The molecule has 0 spiro atoms. The number of carboxylic acids is 1. The fourth-order valence-corrected chi connectivity index (χ4v) is 2.88. The van der Waals surface area contributed by atoms with E-state index in [0.29, 0.717) is 6.54 Å². The Kier molecular flexibility index (Phi) is 6.88. The van der Waals surface area contributed by atoms with Gasteiger partial charge in [-0.2, -0.15) is 0 Å². The Bertz CT molecular complexity index is 608. The van der Waals surface area contributed by atoms with Gasteiger partial charge in [0.05, 0.1) is 6.54 Å². The lowest BCUT2D eigenvalue weighted by atomic mass is 9.91. The maximum atomic E-state index is 12.5. The van der Waals surface area contributed by atoms with E-state index in [1.807, 2.05) is 12.1 Å². The van der Waals surface area contributed by atoms with E-state index in [9.17, 15) is 14.4 Å². The normalized spacial score (nSPS) is 18.7. The first-order valence-corrected chi connectivity index (χ1v) is 8.40. The molecule has 1 saturated heterocycles. The lowest BCUT2D eigenvalue weighted by Crippen LogP contribution is -2.49. The molecule has 0 bridgehead atoms. The zero-order valence-corrected chi connectivity index (χ0v) is 14.1. The van der Waals surface area contributed by atoms with Crippen molar-refractivity contribution in [2.45, 2.75) is 31.7 Å². The second-order valence-electron chi connectivity index (χ2n) is 6.24. The van der Waals surface area contributed by atoms with Crippen LogP contribution in [-0.2, 0) is 20.8 Å². The number of carboxylic acid groups (broad SMARTS) is 1. The van der Waals surface area contributed by atoms with E-state index in [0.717, 1.165) is 31.2 Å². The van der Waals surface area contributed by atoms with Gasteiger partial charge < -0.3 is 21.1 Å². The summed E-state index contributed by atoms with van der Waals surface area (Å²) in [6.45, 7) is 0.335. The average Bonchev–Trinajstić information content (AvgIpc) is 2.61. The van der Waals surface area contributed by atoms with Crippen LogP contribution in [0.4, 0.5) is 0 Å². The highest BCUT2D eigenvalue weighted by Crippen LogP contribution is 2.22. The van der Waals surface area contributed by atoms with Crippen LogP contribution in [0.5, 0.6) is 0 Å². The van der Waals surface area contributed by atoms with Crippen molar-refractivity contribution < 1.29 is 19.5 Å². The predicted octanol–water partition coefficient (Wildman–Crippen LogP) is -0.219. The second kappa shape index (κ2) is 9.12. The van der Waals surface area contributed by atoms with Crippen LogP contribution in [0.25, 0.3) is 0 Å². The molecule has 0 saturated carbocycles. The molecule has 1 aliphatic rings. The van der Waals surface area contributed by atoms with Crippen molar-refractivity contribution in [3.63, 3.8) is 0 Å². The van der Waals surface area contributed by atoms with Gasteiger partial charge in [0.2, 0.25) is 11.8 Å². The second-order valence-corrected chi connectivity index (χ2v) is 6.24. The summed E-state index contributed by atoms with van der Waals surface area (Å²) in [5, 5.41) is 11.2. The Morgan fingerprint density at radius 1 is 1.40 bits per heavy atom. The lowest BCUT2D eigenvalue weighted by molar-refractivity contribution is -0.142. The van der Waals surface area contributed by atoms with Crippen LogP contribution >= 0.6 is 0 Å². The van der Waals surface area contributed by atoms with Crippen molar-refractivity contribution in [3.05, 3.63) is 30.1 Å². The minimum absolute atomic E-state index is 0.0158. The summed E-state index contributed by atoms with van der Waals surface area (Å²) in [5.74, 6) is -1.67. The topological polar surface area (TPSA) is 126 Å². The average molecular weight is 348 g/mol.